The molecule has 98 valence electrons. The van der Waals surface area contributed by atoms with Crippen molar-refractivity contribution in [3.05, 3.63) is 0 Å². The highest BCUT2D eigenvalue weighted by Gasteiger charge is 2.43. The monoisotopic (exact) mass is 244 g/mol. The lowest BCUT2D eigenvalue weighted by atomic mass is 9.96. The minimum Gasteiger partial charge on any atom is -0.481 e. The molecule has 1 aliphatic rings. The molecule has 0 heterocycles. The van der Waals surface area contributed by atoms with Crippen LogP contribution in [0.3, 0.4) is 0 Å². The molecular formula is C11H20N2O4. The Morgan fingerprint density at radius 3 is 2.65 bits per heavy atom. The Bertz CT molecular complexity index is 287. The second-order valence-corrected chi connectivity index (χ2v) is 4.57. The quantitative estimate of drug-likeness (QED) is 0.510. The lowest BCUT2D eigenvalue weighted by molar-refractivity contribution is -0.138. The van der Waals surface area contributed by atoms with Crippen LogP contribution >= 0.6 is 0 Å². The van der Waals surface area contributed by atoms with Gasteiger partial charge in [0.25, 0.3) is 0 Å². The van der Waals surface area contributed by atoms with Crippen molar-refractivity contribution in [2.45, 2.75) is 31.7 Å². The van der Waals surface area contributed by atoms with Crippen LogP contribution in [-0.4, -0.2) is 42.3 Å². The van der Waals surface area contributed by atoms with E-state index in [4.69, 9.17) is 15.6 Å². The maximum Gasteiger partial charge on any atom is 0.305 e. The van der Waals surface area contributed by atoms with Gasteiger partial charge in [-0.2, -0.15) is 0 Å². The lowest BCUT2D eigenvalue weighted by Crippen LogP contribution is -2.53. The zero-order valence-electron chi connectivity index (χ0n) is 10.1. The van der Waals surface area contributed by atoms with Crippen LogP contribution < -0.4 is 11.1 Å². The molecule has 0 aromatic carbocycles. The molecular weight excluding hydrogens is 224 g/mol. The first-order valence-electron chi connectivity index (χ1n) is 5.81. The average molecular weight is 244 g/mol. The van der Waals surface area contributed by atoms with E-state index in [2.05, 4.69) is 5.32 Å². The van der Waals surface area contributed by atoms with Crippen LogP contribution in [0.5, 0.6) is 0 Å². The maximum atomic E-state index is 11.7. The van der Waals surface area contributed by atoms with E-state index in [-0.39, 0.29) is 24.9 Å². The zero-order valence-corrected chi connectivity index (χ0v) is 10.1. The molecule has 1 fully saturated rings. The minimum atomic E-state index is -0.891. The molecule has 6 nitrogen and oxygen atoms in total. The van der Waals surface area contributed by atoms with E-state index in [1.54, 1.807) is 6.92 Å². The first-order chi connectivity index (χ1) is 7.94. The predicted octanol–water partition coefficient (Wildman–Crippen LogP) is -0.279. The summed E-state index contributed by atoms with van der Waals surface area (Å²) in [6.45, 7) is 2.57. The van der Waals surface area contributed by atoms with Crippen LogP contribution in [0, 0.1) is 5.92 Å². The normalized spacial score (nSPS) is 18.5. The number of carbonyl (C=O) groups excluding carboxylic acids is 1. The van der Waals surface area contributed by atoms with Crippen molar-refractivity contribution < 1.29 is 19.4 Å². The Balaban J connectivity index is 2.06. The zero-order chi connectivity index (χ0) is 12.9. The lowest BCUT2D eigenvalue weighted by Gasteiger charge is -2.23. The van der Waals surface area contributed by atoms with E-state index >= 15 is 0 Å². The Morgan fingerprint density at radius 2 is 2.12 bits per heavy atom. The topological polar surface area (TPSA) is 102 Å². The van der Waals surface area contributed by atoms with Crippen molar-refractivity contribution in [3.63, 3.8) is 0 Å². The Hall–Kier alpha value is -1.14. The fourth-order valence-corrected chi connectivity index (χ4v) is 1.56. The van der Waals surface area contributed by atoms with Crippen molar-refractivity contribution in [3.8, 4) is 0 Å². The Morgan fingerprint density at radius 1 is 1.47 bits per heavy atom. The van der Waals surface area contributed by atoms with E-state index in [1.165, 1.54) is 0 Å². The van der Waals surface area contributed by atoms with Gasteiger partial charge in [0, 0.05) is 6.54 Å². The standard InChI is InChI=1S/C11H20N2O4/c1-11(12,8-2-3-8)10(16)13-5-7-17-6-4-9(14)15/h8H,2-7,12H2,1H3,(H,13,16)(H,14,15). The van der Waals surface area contributed by atoms with Crippen molar-refractivity contribution in [1.82, 2.24) is 5.32 Å². The van der Waals surface area contributed by atoms with Gasteiger partial charge in [0.15, 0.2) is 0 Å². The van der Waals surface area contributed by atoms with Crippen molar-refractivity contribution in [2.24, 2.45) is 11.7 Å². The first-order valence-corrected chi connectivity index (χ1v) is 5.81. The largest absolute Gasteiger partial charge is 0.481 e. The molecule has 6 heteroatoms. The van der Waals surface area contributed by atoms with E-state index in [9.17, 15) is 9.59 Å². The summed E-state index contributed by atoms with van der Waals surface area (Å²) in [5, 5.41) is 11.1. The highest BCUT2D eigenvalue weighted by Crippen LogP contribution is 2.37. The van der Waals surface area contributed by atoms with Gasteiger partial charge < -0.3 is 20.9 Å². The van der Waals surface area contributed by atoms with Gasteiger partial charge in [-0.3, -0.25) is 9.59 Å². The van der Waals surface area contributed by atoms with Gasteiger partial charge in [0.05, 0.1) is 25.2 Å². The molecule has 0 bridgehead atoms. The number of carbonyl (C=O) groups is 2. The number of amides is 1. The van der Waals surface area contributed by atoms with Gasteiger partial charge >= 0.3 is 5.97 Å². The molecule has 17 heavy (non-hydrogen) atoms. The molecule has 1 unspecified atom stereocenters. The third-order valence-corrected chi connectivity index (χ3v) is 2.91. The van der Waals surface area contributed by atoms with Crippen LogP contribution in [-0.2, 0) is 14.3 Å². The van der Waals surface area contributed by atoms with E-state index in [1.807, 2.05) is 0 Å². The fourth-order valence-electron chi connectivity index (χ4n) is 1.56. The van der Waals surface area contributed by atoms with Crippen LogP contribution in [0.15, 0.2) is 0 Å². The number of aliphatic carboxylic acids is 1. The fraction of sp³-hybridized carbons (Fsp3) is 0.818. The molecule has 4 N–H and O–H groups in total. The number of rotatable bonds is 8. The SMILES string of the molecule is CC(N)(C(=O)NCCOCCC(=O)O)C1CC1. The molecule has 1 atom stereocenters. The number of nitrogens with two attached hydrogens (primary N) is 1. The summed E-state index contributed by atoms with van der Waals surface area (Å²) in [6.07, 6.45) is 2.00. The van der Waals surface area contributed by atoms with Gasteiger partial charge in [-0.25, -0.2) is 0 Å². The number of nitrogens with one attached hydrogen (secondary N) is 1. The molecule has 1 amide bonds. The van der Waals surface area contributed by atoms with Crippen molar-refractivity contribution >= 4 is 11.9 Å². The summed E-state index contributed by atoms with van der Waals surface area (Å²) in [7, 11) is 0. The summed E-state index contributed by atoms with van der Waals surface area (Å²) in [5.74, 6) is -0.769. The van der Waals surface area contributed by atoms with Crippen molar-refractivity contribution in [2.75, 3.05) is 19.8 Å². The van der Waals surface area contributed by atoms with E-state index in [0.29, 0.717) is 13.2 Å². The van der Waals surface area contributed by atoms with Gasteiger partial charge in [-0.15, -0.1) is 0 Å². The summed E-state index contributed by atoms with van der Waals surface area (Å²) >= 11 is 0. The van der Waals surface area contributed by atoms with Gasteiger partial charge in [-0.05, 0) is 25.7 Å². The first kappa shape index (κ1) is 13.9. The molecule has 0 saturated heterocycles. The number of hydrogen-bond acceptors (Lipinski definition) is 4. The number of carboxylic acids is 1. The maximum absolute atomic E-state index is 11.7. The molecule has 0 aliphatic heterocycles. The minimum absolute atomic E-state index is 0.0232. The molecule has 0 aromatic rings. The predicted molar refractivity (Wildman–Crippen MR) is 61.4 cm³/mol. The number of carboxylic acid groups (broad SMARTS) is 1. The van der Waals surface area contributed by atoms with E-state index < -0.39 is 11.5 Å². The van der Waals surface area contributed by atoms with Gasteiger partial charge in [0.1, 0.15) is 0 Å². The average Bonchev–Trinajstić information content (AvgIpc) is 3.05. The summed E-state index contributed by atoms with van der Waals surface area (Å²) < 4.78 is 5.05. The smallest absolute Gasteiger partial charge is 0.305 e. The molecule has 1 saturated carbocycles. The van der Waals surface area contributed by atoms with Crippen molar-refractivity contribution in [1.29, 1.82) is 0 Å². The van der Waals surface area contributed by atoms with Crippen LogP contribution in [0.4, 0.5) is 0 Å². The van der Waals surface area contributed by atoms with Crippen LogP contribution in [0.1, 0.15) is 26.2 Å². The molecule has 1 rings (SSSR count). The second-order valence-electron chi connectivity index (χ2n) is 4.57. The van der Waals surface area contributed by atoms with E-state index in [0.717, 1.165) is 12.8 Å². The van der Waals surface area contributed by atoms with Crippen LogP contribution in [0.25, 0.3) is 0 Å². The molecule has 0 spiro atoms. The third-order valence-electron chi connectivity index (χ3n) is 2.91. The highest BCUT2D eigenvalue weighted by atomic mass is 16.5. The highest BCUT2D eigenvalue weighted by molar-refractivity contribution is 5.86. The Labute approximate surface area is 101 Å². The molecule has 0 aromatic heterocycles. The van der Waals surface area contributed by atoms with Gasteiger partial charge in [-0.1, -0.05) is 0 Å². The number of hydrogen-bond donors (Lipinski definition) is 3. The Kier molecular flexibility index (Phi) is 4.89. The summed E-state index contributed by atoms with van der Waals surface area (Å²) in [4.78, 5) is 21.9. The second kappa shape index (κ2) is 5.97. The van der Waals surface area contributed by atoms with Gasteiger partial charge in [0.2, 0.25) is 5.91 Å². The molecule has 0 radical (unpaired) electrons. The third kappa shape index (κ3) is 4.70. The van der Waals surface area contributed by atoms with Crippen LogP contribution in [0.2, 0.25) is 0 Å². The molecule has 1 aliphatic carbocycles. The summed E-state index contributed by atoms with van der Waals surface area (Å²) in [5.41, 5.74) is 5.13. The number of ether oxygens (including phenoxy) is 1. The summed E-state index contributed by atoms with van der Waals surface area (Å²) in [6, 6.07) is 0.